The van der Waals surface area contributed by atoms with Crippen LogP contribution < -0.4 is 10.6 Å². The molecule has 1 amide bonds. The number of carbonyl (C=O) groups excluding carboxylic acids is 1. The third kappa shape index (κ3) is 3.58. The number of fused-ring (bicyclic) bond motifs is 1. The number of nitrogens with zero attached hydrogens (tertiary/aromatic N) is 4. The summed E-state index contributed by atoms with van der Waals surface area (Å²) in [5.74, 6) is 0.837. The standard InChI is InChI=1S/C24H20N6O2/c1-15-20(23(32)27-18-9-3-2-4-10-18)21(16-7-5-11-19(31)13-16)30-24(26-15)28-22(29-30)17-8-6-12-25-14-17/h2-14,21,31H,1H3,(H,27,32)(H,26,28,29). The minimum atomic E-state index is -0.583. The minimum absolute atomic E-state index is 0.107. The van der Waals surface area contributed by atoms with Crippen LogP contribution in [-0.4, -0.2) is 30.8 Å². The molecule has 158 valence electrons. The fourth-order valence-corrected chi connectivity index (χ4v) is 3.79. The first-order chi connectivity index (χ1) is 15.6. The van der Waals surface area contributed by atoms with E-state index in [0.717, 1.165) is 5.56 Å². The molecule has 32 heavy (non-hydrogen) atoms. The van der Waals surface area contributed by atoms with Crippen molar-refractivity contribution in [3.05, 3.63) is 96.0 Å². The number of pyridine rings is 1. The van der Waals surface area contributed by atoms with Gasteiger partial charge in [-0.15, -0.1) is 5.10 Å². The average molecular weight is 424 g/mol. The van der Waals surface area contributed by atoms with Gasteiger partial charge < -0.3 is 15.7 Å². The number of allylic oxidation sites excluding steroid dienone is 1. The van der Waals surface area contributed by atoms with Crippen LogP contribution in [0.1, 0.15) is 18.5 Å². The van der Waals surface area contributed by atoms with Gasteiger partial charge in [0.25, 0.3) is 5.91 Å². The topological polar surface area (TPSA) is 105 Å². The normalized spacial score (nSPS) is 15.1. The van der Waals surface area contributed by atoms with E-state index in [1.165, 1.54) is 0 Å². The van der Waals surface area contributed by atoms with Crippen LogP contribution >= 0.6 is 0 Å². The molecule has 1 aliphatic heterocycles. The second-order valence-corrected chi connectivity index (χ2v) is 7.43. The molecule has 2 aromatic heterocycles. The molecule has 3 heterocycles. The number of nitrogens with one attached hydrogen (secondary N) is 2. The molecule has 0 spiro atoms. The number of phenols is 1. The zero-order chi connectivity index (χ0) is 22.1. The first-order valence-electron chi connectivity index (χ1n) is 10.1. The molecule has 0 aliphatic carbocycles. The van der Waals surface area contributed by atoms with Crippen molar-refractivity contribution in [1.82, 2.24) is 19.7 Å². The molecule has 0 radical (unpaired) electrons. The fraction of sp³-hybridized carbons (Fsp3) is 0.0833. The van der Waals surface area contributed by atoms with Crippen LogP contribution in [0.25, 0.3) is 11.4 Å². The molecule has 5 rings (SSSR count). The van der Waals surface area contributed by atoms with Gasteiger partial charge in [0.1, 0.15) is 11.8 Å². The molecule has 1 atom stereocenters. The molecule has 8 heteroatoms. The molecule has 0 bridgehead atoms. The number of benzene rings is 2. The second kappa shape index (κ2) is 7.99. The Hall–Kier alpha value is -4.46. The highest BCUT2D eigenvalue weighted by atomic mass is 16.3. The summed E-state index contributed by atoms with van der Waals surface area (Å²) < 4.78 is 1.67. The summed E-state index contributed by atoms with van der Waals surface area (Å²) in [6.07, 6.45) is 3.37. The van der Waals surface area contributed by atoms with E-state index in [1.54, 1.807) is 35.3 Å². The van der Waals surface area contributed by atoms with Crippen molar-refractivity contribution in [2.45, 2.75) is 13.0 Å². The molecule has 1 unspecified atom stereocenters. The Morgan fingerprint density at radius 3 is 2.69 bits per heavy atom. The molecule has 8 nitrogen and oxygen atoms in total. The fourth-order valence-electron chi connectivity index (χ4n) is 3.79. The first kappa shape index (κ1) is 19.5. The molecule has 3 N–H and O–H groups in total. The number of phenolic OH excluding ortho intramolecular Hbond substituents is 1. The Bertz CT molecular complexity index is 1310. The number of hydrogen-bond donors (Lipinski definition) is 3. The third-order valence-electron chi connectivity index (χ3n) is 5.23. The molecule has 0 saturated heterocycles. The Morgan fingerprint density at radius 2 is 1.94 bits per heavy atom. The van der Waals surface area contributed by atoms with Gasteiger partial charge in [0.05, 0.1) is 5.57 Å². The maximum absolute atomic E-state index is 13.4. The van der Waals surface area contributed by atoms with Crippen molar-refractivity contribution in [2.75, 3.05) is 10.6 Å². The largest absolute Gasteiger partial charge is 0.508 e. The van der Waals surface area contributed by atoms with Gasteiger partial charge in [-0.05, 0) is 48.9 Å². The summed E-state index contributed by atoms with van der Waals surface area (Å²) in [6.45, 7) is 1.83. The van der Waals surface area contributed by atoms with E-state index in [-0.39, 0.29) is 11.7 Å². The number of para-hydroxylation sites is 1. The summed E-state index contributed by atoms with van der Waals surface area (Å²) in [4.78, 5) is 22.2. The van der Waals surface area contributed by atoms with E-state index in [4.69, 9.17) is 0 Å². The van der Waals surface area contributed by atoms with Crippen molar-refractivity contribution in [2.24, 2.45) is 0 Å². The number of aromatic hydroxyl groups is 1. The van der Waals surface area contributed by atoms with Crippen molar-refractivity contribution in [3.63, 3.8) is 0 Å². The van der Waals surface area contributed by atoms with Gasteiger partial charge in [-0.25, -0.2) is 4.68 Å². The molecular weight excluding hydrogens is 404 g/mol. The second-order valence-electron chi connectivity index (χ2n) is 7.43. The SMILES string of the molecule is CC1=C(C(=O)Nc2ccccc2)C(c2cccc(O)c2)n2nc(-c3cccnc3)nc2N1. The highest BCUT2D eigenvalue weighted by Crippen LogP contribution is 2.37. The van der Waals surface area contributed by atoms with Gasteiger partial charge in [-0.2, -0.15) is 4.98 Å². The number of hydrogen-bond acceptors (Lipinski definition) is 6. The molecule has 1 aliphatic rings. The Balaban J connectivity index is 1.62. The summed E-state index contributed by atoms with van der Waals surface area (Å²) in [6, 6.07) is 19.2. The van der Waals surface area contributed by atoms with Crippen LogP contribution in [0.3, 0.4) is 0 Å². The number of carbonyl (C=O) groups is 1. The zero-order valence-electron chi connectivity index (χ0n) is 17.2. The Morgan fingerprint density at radius 1 is 1.09 bits per heavy atom. The van der Waals surface area contributed by atoms with Crippen molar-refractivity contribution >= 4 is 17.5 Å². The van der Waals surface area contributed by atoms with Crippen LogP contribution in [-0.2, 0) is 4.79 Å². The zero-order valence-corrected chi connectivity index (χ0v) is 17.2. The van der Waals surface area contributed by atoms with Gasteiger partial charge in [0.2, 0.25) is 5.95 Å². The third-order valence-corrected chi connectivity index (χ3v) is 5.23. The lowest BCUT2D eigenvalue weighted by molar-refractivity contribution is -0.113. The molecule has 4 aromatic rings. The molecule has 2 aromatic carbocycles. The van der Waals surface area contributed by atoms with E-state index in [1.807, 2.05) is 55.5 Å². The molecule has 0 saturated carbocycles. The van der Waals surface area contributed by atoms with Crippen LogP contribution in [0.2, 0.25) is 0 Å². The van der Waals surface area contributed by atoms with Crippen LogP contribution in [0.4, 0.5) is 11.6 Å². The number of anilines is 2. The summed E-state index contributed by atoms with van der Waals surface area (Å²) in [5.41, 5.74) is 3.30. The predicted molar refractivity (Wildman–Crippen MR) is 121 cm³/mol. The maximum Gasteiger partial charge on any atom is 0.255 e. The lowest BCUT2D eigenvalue weighted by atomic mass is 9.95. The van der Waals surface area contributed by atoms with E-state index >= 15 is 0 Å². The van der Waals surface area contributed by atoms with Gasteiger partial charge in [-0.3, -0.25) is 9.78 Å². The highest BCUT2D eigenvalue weighted by molar-refractivity contribution is 6.06. The van der Waals surface area contributed by atoms with E-state index in [9.17, 15) is 9.90 Å². The van der Waals surface area contributed by atoms with Crippen LogP contribution in [0, 0.1) is 0 Å². The van der Waals surface area contributed by atoms with Crippen LogP contribution in [0.5, 0.6) is 5.75 Å². The van der Waals surface area contributed by atoms with E-state index in [2.05, 4.69) is 25.7 Å². The van der Waals surface area contributed by atoms with E-state index in [0.29, 0.717) is 34.3 Å². The van der Waals surface area contributed by atoms with Crippen molar-refractivity contribution < 1.29 is 9.90 Å². The number of aromatic nitrogens is 4. The van der Waals surface area contributed by atoms with Gasteiger partial charge in [0, 0.05) is 29.3 Å². The maximum atomic E-state index is 13.4. The lowest BCUT2D eigenvalue weighted by Gasteiger charge is -2.28. The quantitative estimate of drug-likeness (QED) is 0.458. The van der Waals surface area contributed by atoms with Gasteiger partial charge in [-0.1, -0.05) is 30.3 Å². The van der Waals surface area contributed by atoms with Crippen LogP contribution in [0.15, 0.2) is 90.4 Å². The summed E-state index contributed by atoms with van der Waals surface area (Å²) in [5, 5.41) is 21.0. The first-order valence-corrected chi connectivity index (χ1v) is 10.1. The average Bonchev–Trinajstić information content (AvgIpc) is 3.23. The monoisotopic (exact) mass is 424 g/mol. The summed E-state index contributed by atoms with van der Waals surface area (Å²) in [7, 11) is 0. The predicted octanol–water partition coefficient (Wildman–Crippen LogP) is 3.97. The highest BCUT2D eigenvalue weighted by Gasteiger charge is 2.34. The lowest BCUT2D eigenvalue weighted by Crippen LogP contribution is -2.31. The van der Waals surface area contributed by atoms with Crippen molar-refractivity contribution in [3.8, 4) is 17.1 Å². The van der Waals surface area contributed by atoms with Crippen molar-refractivity contribution in [1.29, 1.82) is 0 Å². The molecule has 0 fully saturated rings. The van der Waals surface area contributed by atoms with Gasteiger partial charge in [0.15, 0.2) is 5.82 Å². The van der Waals surface area contributed by atoms with Gasteiger partial charge >= 0.3 is 0 Å². The Kier molecular flexibility index (Phi) is 4.87. The minimum Gasteiger partial charge on any atom is -0.508 e. The smallest absolute Gasteiger partial charge is 0.255 e. The van der Waals surface area contributed by atoms with E-state index < -0.39 is 6.04 Å². The number of rotatable bonds is 4. The number of amides is 1. The Labute approximate surface area is 184 Å². The molecular formula is C24H20N6O2. The summed E-state index contributed by atoms with van der Waals surface area (Å²) >= 11 is 0.